The third kappa shape index (κ3) is 4.45. The molecule has 2 aromatic rings. The summed E-state index contributed by atoms with van der Waals surface area (Å²) in [7, 11) is 0. The molecule has 6 nitrogen and oxygen atoms in total. The normalized spacial score (nSPS) is 14.1. The van der Waals surface area contributed by atoms with Crippen LogP contribution in [0.25, 0.3) is 0 Å². The van der Waals surface area contributed by atoms with E-state index >= 15 is 0 Å². The Balaban J connectivity index is 1.56. The molecule has 0 unspecified atom stereocenters. The Morgan fingerprint density at radius 3 is 2.10 bits per heavy atom. The molecule has 3 rings (SSSR count). The summed E-state index contributed by atoms with van der Waals surface area (Å²) in [6, 6.07) is 11.1. The summed E-state index contributed by atoms with van der Waals surface area (Å²) in [5.41, 5.74) is 0.590. The second-order valence-corrected chi connectivity index (χ2v) is 7.04. The summed E-state index contributed by atoms with van der Waals surface area (Å²) in [6.07, 6.45) is 0.413. The molecule has 0 saturated heterocycles. The molecule has 152 valence electrons. The number of carbonyl (C=O) groups excluding carboxylic acids is 3. The first-order valence-electron chi connectivity index (χ1n) is 9.42. The summed E-state index contributed by atoms with van der Waals surface area (Å²) in [6.45, 7) is 3.87. The third-order valence-electron chi connectivity index (χ3n) is 4.59. The predicted octanol–water partition coefficient (Wildman–Crippen LogP) is 3.46. The van der Waals surface area contributed by atoms with Crippen molar-refractivity contribution in [3.63, 3.8) is 0 Å². The SMILES string of the molecule is CC(C)[C@@H](C(=O)OCCCOc1ccc(F)cc1)N1C(=O)c2ccccc2C1=O. The quantitative estimate of drug-likeness (QED) is 0.386. The zero-order valence-electron chi connectivity index (χ0n) is 16.3. The van der Waals surface area contributed by atoms with Crippen molar-refractivity contribution in [1.29, 1.82) is 0 Å². The second-order valence-electron chi connectivity index (χ2n) is 7.04. The number of nitrogens with zero attached hydrogens (tertiary/aromatic N) is 1. The van der Waals surface area contributed by atoms with Gasteiger partial charge in [-0.1, -0.05) is 26.0 Å². The van der Waals surface area contributed by atoms with Crippen molar-refractivity contribution in [2.75, 3.05) is 13.2 Å². The third-order valence-corrected chi connectivity index (χ3v) is 4.59. The van der Waals surface area contributed by atoms with Crippen molar-refractivity contribution in [2.24, 2.45) is 5.92 Å². The molecule has 29 heavy (non-hydrogen) atoms. The first kappa shape index (κ1) is 20.5. The molecule has 0 spiro atoms. The molecule has 0 saturated carbocycles. The first-order valence-corrected chi connectivity index (χ1v) is 9.42. The average Bonchev–Trinajstić information content (AvgIpc) is 2.95. The number of ether oxygens (including phenoxy) is 2. The lowest BCUT2D eigenvalue weighted by Gasteiger charge is -2.27. The summed E-state index contributed by atoms with van der Waals surface area (Å²) in [5, 5.41) is 0. The Morgan fingerprint density at radius 2 is 1.55 bits per heavy atom. The van der Waals surface area contributed by atoms with E-state index in [1.165, 1.54) is 24.3 Å². The molecule has 1 heterocycles. The van der Waals surface area contributed by atoms with Gasteiger partial charge in [-0.2, -0.15) is 0 Å². The Bertz CT molecular complexity index is 875. The van der Waals surface area contributed by atoms with E-state index in [2.05, 4.69) is 0 Å². The van der Waals surface area contributed by atoms with Crippen LogP contribution in [-0.2, 0) is 9.53 Å². The van der Waals surface area contributed by atoms with Gasteiger partial charge in [0.2, 0.25) is 0 Å². The van der Waals surface area contributed by atoms with E-state index in [9.17, 15) is 18.8 Å². The number of amides is 2. The van der Waals surface area contributed by atoms with Crippen LogP contribution in [0.5, 0.6) is 5.75 Å². The number of benzene rings is 2. The molecule has 1 aliphatic rings. The minimum atomic E-state index is -1.000. The Labute approximate surface area is 168 Å². The van der Waals surface area contributed by atoms with E-state index in [0.29, 0.717) is 23.3 Å². The molecule has 0 radical (unpaired) electrons. The van der Waals surface area contributed by atoms with Crippen LogP contribution in [0, 0.1) is 11.7 Å². The number of fused-ring (bicyclic) bond motifs is 1. The lowest BCUT2D eigenvalue weighted by atomic mass is 10.0. The van der Waals surface area contributed by atoms with Gasteiger partial charge in [0.25, 0.3) is 11.8 Å². The fraction of sp³-hybridized carbons (Fsp3) is 0.318. The van der Waals surface area contributed by atoms with Gasteiger partial charge < -0.3 is 9.47 Å². The number of imide groups is 1. The maximum absolute atomic E-state index is 12.9. The van der Waals surface area contributed by atoms with Gasteiger partial charge in [0.15, 0.2) is 0 Å². The van der Waals surface area contributed by atoms with E-state index in [-0.39, 0.29) is 24.9 Å². The minimum Gasteiger partial charge on any atom is -0.493 e. The number of hydrogen-bond donors (Lipinski definition) is 0. The summed E-state index contributed by atoms with van der Waals surface area (Å²) in [5.74, 6) is -1.73. The summed E-state index contributed by atoms with van der Waals surface area (Å²) in [4.78, 5) is 39.0. The molecule has 1 atom stereocenters. The molecule has 0 aliphatic carbocycles. The molecule has 1 aliphatic heterocycles. The van der Waals surface area contributed by atoms with Gasteiger partial charge in [-0.25, -0.2) is 9.18 Å². The number of esters is 1. The highest BCUT2D eigenvalue weighted by atomic mass is 19.1. The van der Waals surface area contributed by atoms with E-state index in [0.717, 1.165) is 4.90 Å². The lowest BCUT2D eigenvalue weighted by Crippen LogP contribution is -2.48. The van der Waals surface area contributed by atoms with Crippen molar-refractivity contribution in [3.05, 3.63) is 65.5 Å². The fourth-order valence-electron chi connectivity index (χ4n) is 3.17. The van der Waals surface area contributed by atoms with Crippen LogP contribution < -0.4 is 4.74 Å². The second kappa shape index (κ2) is 8.86. The monoisotopic (exact) mass is 399 g/mol. The van der Waals surface area contributed by atoms with Crippen LogP contribution in [0.2, 0.25) is 0 Å². The van der Waals surface area contributed by atoms with Crippen molar-refractivity contribution >= 4 is 17.8 Å². The molecule has 0 aromatic heterocycles. The van der Waals surface area contributed by atoms with Crippen LogP contribution >= 0.6 is 0 Å². The van der Waals surface area contributed by atoms with Gasteiger partial charge in [-0.3, -0.25) is 14.5 Å². The van der Waals surface area contributed by atoms with Crippen molar-refractivity contribution < 1.29 is 28.2 Å². The molecule has 2 aromatic carbocycles. The zero-order chi connectivity index (χ0) is 21.0. The number of rotatable bonds is 8. The maximum Gasteiger partial charge on any atom is 0.329 e. The largest absolute Gasteiger partial charge is 0.493 e. The van der Waals surface area contributed by atoms with E-state index in [4.69, 9.17) is 9.47 Å². The molecule has 7 heteroatoms. The summed E-state index contributed by atoms with van der Waals surface area (Å²) < 4.78 is 23.6. The molecule has 0 N–H and O–H groups in total. The smallest absolute Gasteiger partial charge is 0.329 e. The minimum absolute atomic E-state index is 0.0758. The van der Waals surface area contributed by atoms with Gasteiger partial charge in [0.05, 0.1) is 24.3 Å². The van der Waals surface area contributed by atoms with Crippen LogP contribution in [0.3, 0.4) is 0 Å². The van der Waals surface area contributed by atoms with Crippen LogP contribution in [0.4, 0.5) is 4.39 Å². The molecule has 2 amide bonds. The van der Waals surface area contributed by atoms with Crippen LogP contribution in [0.15, 0.2) is 48.5 Å². The van der Waals surface area contributed by atoms with Crippen molar-refractivity contribution in [1.82, 2.24) is 4.90 Å². The summed E-state index contributed by atoms with van der Waals surface area (Å²) >= 11 is 0. The zero-order valence-corrected chi connectivity index (χ0v) is 16.3. The number of hydrogen-bond acceptors (Lipinski definition) is 5. The highest BCUT2D eigenvalue weighted by molar-refractivity contribution is 6.22. The van der Waals surface area contributed by atoms with E-state index < -0.39 is 23.8 Å². The Hall–Kier alpha value is -3.22. The molecular formula is C22H22FNO5. The number of halogens is 1. The van der Waals surface area contributed by atoms with E-state index in [1.807, 2.05) is 0 Å². The first-order chi connectivity index (χ1) is 13.9. The average molecular weight is 399 g/mol. The van der Waals surface area contributed by atoms with Crippen molar-refractivity contribution in [2.45, 2.75) is 26.3 Å². The molecule has 0 bridgehead atoms. The van der Waals surface area contributed by atoms with E-state index in [1.54, 1.807) is 38.1 Å². The Morgan fingerprint density at radius 1 is 0.966 bits per heavy atom. The van der Waals surface area contributed by atoms with Gasteiger partial charge in [-0.15, -0.1) is 0 Å². The highest BCUT2D eigenvalue weighted by Crippen LogP contribution is 2.27. The van der Waals surface area contributed by atoms with Gasteiger partial charge in [-0.05, 0) is 42.3 Å². The molecular weight excluding hydrogens is 377 g/mol. The van der Waals surface area contributed by atoms with Gasteiger partial charge in [0.1, 0.15) is 17.6 Å². The van der Waals surface area contributed by atoms with Gasteiger partial charge in [0, 0.05) is 6.42 Å². The van der Waals surface area contributed by atoms with Crippen molar-refractivity contribution in [3.8, 4) is 5.75 Å². The maximum atomic E-state index is 12.9. The Kier molecular flexibility index (Phi) is 6.26. The number of carbonyl (C=O) groups is 3. The van der Waals surface area contributed by atoms with Crippen LogP contribution in [-0.4, -0.2) is 41.9 Å². The van der Waals surface area contributed by atoms with Gasteiger partial charge >= 0.3 is 5.97 Å². The predicted molar refractivity (Wildman–Crippen MR) is 103 cm³/mol. The highest BCUT2D eigenvalue weighted by Gasteiger charge is 2.44. The fourth-order valence-corrected chi connectivity index (χ4v) is 3.17. The standard InChI is InChI=1S/C22H22FNO5/c1-14(2)19(24-20(25)17-6-3-4-7-18(17)21(24)26)22(27)29-13-5-12-28-16-10-8-15(23)9-11-16/h3-4,6-11,14,19H,5,12-13H2,1-2H3/t19-/m0/s1. The molecule has 0 fully saturated rings. The topological polar surface area (TPSA) is 72.9 Å². The van der Waals surface area contributed by atoms with Crippen LogP contribution in [0.1, 0.15) is 41.0 Å². The lowest BCUT2D eigenvalue weighted by molar-refractivity contribution is -0.150.